The van der Waals surface area contributed by atoms with Gasteiger partial charge in [-0.3, -0.25) is 4.55 Å². The van der Waals surface area contributed by atoms with Crippen LogP contribution in [0.1, 0.15) is 0 Å². The zero-order chi connectivity index (χ0) is 18.1. The quantitative estimate of drug-likeness (QED) is 0.460. The van der Waals surface area contributed by atoms with Crippen LogP contribution < -0.4 is 0 Å². The highest BCUT2D eigenvalue weighted by atomic mass is 32.2. The molecule has 0 rings (SSSR count). The van der Waals surface area contributed by atoms with Crippen molar-refractivity contribution >= 4 is 10.1 Å². The molecule has 130 valence electrons. The van der Waals surface area contributed by atoms with Gasteiger partial charge >= 0.3 is 40.1 Å². The Hall–Kier alpha value is -0.930. The highest BCUT2D eigenvalue weighted by Crippen LogP contribution is 2.48. The van der Waals surface area contributed by atoms with Gasteiger partial charge in [0, 0.05) is 0 Å². The van der Waals surface area contributed by atoms with Gasteiger partial charge in [0.15, 0.2) is 0 Å². The summed E-state index contributed by atoms with van der Waals surface area (Å²) in [5.74, 6) is -13.1. The van der Waals surface area contributed by atoms with Crippen LogP contribution in [0, 0.1) is 0 Å². The molecule has 0 aromatic carbocycles. The van der Waals surface area contributed by atoms with Crippen molar-refractivity contribution in [1.82, 2.24) is 0 Å². The van der Waals surface area contributed by atoms with E-state index in [2.05, 4.69) is 0 Å². The summed E-state index contributed by atoms with van der Waals surface area (Å²) < 4.78 is 160. The first kappa shape index (κ1) is 22.4. The van der Waals surface area contributed by atoms with Crippen molar-refractivity contribution in [3.05, 3.63) is 0 Å². The van der Waals surface area contributed by atoms with Gasteiger partial charge in [0.25, 0.3) is 0 Å². The Bertz CT molecular complexity index is 431. The van der Waals surface area contributed by atoms with Crippen LogP contribution in [0.15, 0.2) is 0 Å². The Kier molecular flexibility index (Phi) is 6.44. The molecule has 0 saturated heterocycles. The maximum Gasteiger partial charge on any atom is 0.522 e. The first-order valence-corrected chi connectivity index (χ1v) is 5.28. The number of hydrogen-bond donors (Lipinski definition) is 1. The Morgan fingerprint density at radius 1 is 0.762 bits per heavy atom. The van der Waals surface area contributed by atoms with Crippen LogP contribution in [0.2, 0.25) is 0 Å². The standard InChI is InChI=1S/C4HF9.CHF3O3S/c5-1(6)2(7,8)3(9,10)4(11,12)13;2-1(3,4)8(5,6)7/h1H;(H,5,6,7). The summed E-state index contributed by atoms with van der Waals surface area (Å²) in [4.78, 5) is 0. The van der Waals surface area contributed by atoms with Crippen molar-refractivity contribution in [2.24, 2.45) is 0 Å². The number of alkyl halides is 12. The van der Waals surface area contributed by atoms with Crippen LogP contribution in [0.5, 0.6) is 0 Å². The fourth-order valence-corrected chi connectivity index (χ4v) is 0.326. The van der Waals surface area contributed by atoms with Gasteiger partial charge in [0.2, 0.25) is 0 Å². The molecule has 21 heavy (non-hydrogen) atoms. The van der Waals surface area contributed by atoms with Crippen LogP contribution in [-0.2, 0) is 10.1 Å². The molecular weight excluding hydrogens is 368 g/mol. The second-order valence-electron chi connectivity index (χ2n) is 2.92. The average molecular weight is 370 g/mol. The zero-order valence-corrected chi connectivity index (χ0v) is 9.60. The summed E-state index contributed by atoms with van der Waals surface area (Å²) in [7, 11) is -5.84. The summed E-state index contributed by atoms with van der Waals surface area (Å²) in [6.45, 7) is 0. The third kappa shape index (κ3) is 5.40. The Balaban J connectivity index is 0. The molecule has 0 aromatic rings. The van der Waals surface area contributed by atoms with E-state index >= 15 is 0 Å². The Labute approximate surface area is 107 Å². The van der Waals surface area contributed by atoms with Gasteiger partial charge in [-0.2, -0.15) is 52.3 Å². The fourth-order valence-electron chi connectivity index (χ4n) is 0.326. The lowest BCUT2D eigenvalue weighted by Gasteiger charge is -2.27. The van der Waals surface area contributed by atoms with Crippen LogP contribution in [0.4, 0.5) is 52.7 Å². The van der Waals surface area contributed by atoms with E-state index in [1.165, 1.54) is 0 Å². The maximum atomic E-state index is 11.6. The van der Waals surface area contributed by atoms with Gasteiger partial charge < -0.3 is 0 Å². The van der Waals surface area contributed by atoms with Crippen molar-refractivity contribution < 1.29 is 65.7 Å². The molecule has 0 radical (unpaired) electrons. The van der Waals surface area contributed by atoms with Crippen molar-refractivity contribution in [2.75, 3.05) is 0 Å². The number of halogens is 12. The molecule has 0 spiro atoms. The molecule has 0 saturated carbocycles. The minimum atomic E-state index is -6.73. The highest BCUT2D eigenvalue weighted by Gasteiger charge is 2.76. The molecule has 0 heterocycles. The molecule has 3 nitrogen and oxygen atoms in total. The number of rotatable bonds is 2. The minimum absolute atomic E-state index is 5.08. The summed E-state index contributed by atoms with van der Waals surface area (Å²) in [5.41, 5.74) is -5.53. The van der Waals surface area contributed by atoms with Crippen molar-refractivity contribution in [2.45, 2.75) is 30.0 Å². The molecule has 0 atom stereocenters. The normalized spacial score (nSPS) is 14.8. The smallest absolute Gasteiger partial charge is 0.279 e. The molecule has 0 bridgehead atoms. The van der Waals surface area contributed by atoms with Crippen molar-refractivity contribution in [3.8, 4) is 0 Å². The lowest BCUT2D eigenvalue weighted by atomic mass is 10.2. The van der Waals surface area contributed by atoms with Crippen LogP contribution in [0.25, 0.3) is 0 Å². The molecule has 0 amide bonds. The van der Waals surface area contributed by atoms with Gasteiger partial charge in [-0.15, -0.1) is 0 Å². The Morgan fingerprint density at radius 3 is 1.05 bits per heavy atom. The van der Waals surface area contributed by atoms with E-state index in [4.69, 9.17) is 13.0 Å². The predicted octanol–water partition coefficient (Wildman–Crippen LogP) is 3.48. The molecule has 1 N–H and O–H groups in total. The molecule has 0 aliphatic rings. The summed E-state index contributed by atoms with van der Waals surface area (Å²) >= 11 is 0. The molecule has 0 aliphatic carbocycles. The van der Waals surface area contributed by atoms with E-state index in [0.29, 0.717) is 0 Å². The second kappa shape index (κ2) is 6.05. The van der Waals surface area contributed by atoms with Crippen molar-refractivity contribution in [3.63, 3.8) is 0 Å². The Morgan fingerprint density at radius 2 is 1.00 bits per heavy atom. The third-order valence-corrected chi connectivity index (χ3v) is 1.93. The van der Waals surface area contributed by atoms with E-state index in [9.17, 15) is 52.7 Å². The van der Waals surface area contributed by atoms with Crippen LogP contribution >= 0.6 is 0 Å². The van der Waals surface area contributed by atoms with E-state index in [-0.39, 0.29) is 0 Å². The van der Waals surface area contributed by atoms with Gasteiger partial charge in [-0.1, -0.05) is 0 Å². The SMILES string of the molecule is FC(F)C(F)(F)C(F)(F)C(F)(F)F.O=S(=O)(O)C(F)(F)F. The second-order valence-corrected chi connectivity index (χ2v) is 4.33. The molecule has 0 unspecified atom stereocenters. The van der Waals surface area contributed by atoms with E-state index < -0.39 is 40.1 Å². The van der Waals surface area contributed by atoms with E-state index in [1.54, 1.807) is 0 Å². The highest BCUT2D eigenvalue weighted by molar-refractivity contribution is 7.86. The predicted molar refractivity (Wildman–Crippen MR) is 39.6 cm³/mol. The first-order chi connectivity index (χ1) is 8.69. The summed E-state index contributed by atoms with van der Waals surface area (Å²) in [5, 5.41) is 0. The molecule has 16 heteroatoms. The van der Waals surface area contributed by atoms with Gasteiger partial charge in [-0.25, -0.2) is 8.78 Å². The fraction of sp³-hybridized carbons (Fsp3) is 1.00. The van der Waals surface area contributed by atoms with Gasteiger partial charge in [0.05, 0.1) is 0 Å². The van der Waals surface area contributed by atoms with Gasteiger partial charge in [-0.05, 0) is 0 Å². The van der Waals surface area contributed by atoms with Crippen LogP contribution in [0.3, 0.4) is 0 Å². The first-order valence-electron chi connectivity index (χ1n) is 3.83. The third-order valence-electron chi connectivity index (χ3n) is 1.34. The summed E-state index contributed by atoms with van der Waals surface area (Å²) in [6.07, 6.45) is -11.8. The topological polar surface area (TPSA) is 54.4 Å². The average Bonchev–Trinajstić information content (AvgIpc) is 2.12. The van der Waals surface area contributed by atoms with Crippen molar-refractivity contribution in [1.29, 1.82) is 0 Å². The molecule has 0 aromatic heterocycles. The molecule has 0 aliphatic heterocycles. The van der Waals surface area contributed by atoms with E-state index in [1.807, 2.05) is 0 Å². The lowest BCUT2D eigenvalue weighted by molar-refractivity contribution is -0.375. The zero-order valence-electron chi connectivity index (χ0n) is 8.78. The monoisotopic (exact) mass is 370 g/mol. The molecular formula is C5H2F12O3S. The number of hydrogen-bond acceptors (Lipinski definition) is 2. The lowest BCUT2D eigenvalue weighted by Crippen LogP contribution is -2.55. The van der Waals surface area contributed by atoms with E-state index in [0.717, 1.165) is 0 Å². The summed E-state index contributed by atoms with van der Waals surface area (Å²) in [6, 6.07) is 0. The molecule has 0 fully saturated rings. The van der Waals surface area contributed by atoms with Gasteiger partial charge in [0.1, 0.15) is 0 Å². The maximum absolute atomic E-state index is 11.6. The largest absolute Gasteiger partial charge is 0.522 e. The van der Waals surface area contributed by atoms with Crippen LogP contribution in [-0.4, -0.2) is 42.9 Å². The minimum Gasteiger partial charge on any atom is -0.279 e.